The summed E-state index contributed by atoms with van der Waals surface area (Å²) in [4.78, 5) is 13.0. The van der Waals surface area contributed by atoms with E-state index in [1.165, 1.54) is 6.07 Å². The first-order chi connectivity index (χ1) is 13.7. The summed E-state index contributed by atoms with van der Waals surface area (Å²) in [6, 6.07) is 20.3. The molecule has 0 aliphatic rings. The number of para-hydroxylation sites is 1. The van der Waals surface area contributed by atoms with Gasteiger partial charge in [0, 0.05) is 11.1 Å². The minimum atomic E-state index is -0.390. The molecule has 0 unspecified atom stereocenters. The van der Waals surface area contributed by atoms with E-state index in [1.54, 1.807) is 73.8 Å². The van der Waals surface area contributed by atoms with Crippen LogP contribution in [0.2, 0.25) is 0 Å². The zero-order valence-electron chi connectivity index (χ0n) is 15.1. The van der Waals surface area contributed by atoms with Crippen molar-refractivity contribution in [3.05, 3.63) is 94.4 Å². The number of ether oxygens (including phenoxy) is 2. The van der Waals surface area contributed by atoms with Gasteiger partial charge in [0.2, 0.25) is 11.2 Å². The van der Waals surface area contributed by atoms with Gasteiger partial charge in [-0.1, -0.05) is 30.3 Å². The van der Waals surface area contributed by atoms with E-state index in [0.29, 0.717) is 33.6 Å². The summed E-state index contributed by atoms with van der Waals surface area (Å²) < 4.78 is 30.9. The molecule has 1 aromatic heterocycles. The molecule has 0 aliphatic heterocycles. The molecular formula is C23H17FO4. The van der Waals surface area contributed by atoms with E-state index < -0.39 is 5.82 Å². The largest absolute Gasteiger partial charge is 0.497 e. The lowest BCUT2D eigenvalue weighted by atomic mass is 10.1. The standard InChI is InChI=1S/C23H17FO4/c1-26-17-12-10-15(11-13-17)22-23(27-14-16-6-2-4-8-19(16)24)21(25)18-7-3-5-9-20(18)28-22/h2-13H,14H2,1H3. The summed E-state index contributed by atoms with van der Waals surface area (Å²) in [7, 11) is 1.58. The Labute approximate surface area is 160 Å². The van der Waals surface area contributed by atoms with Gasteiger partial charge in [0.25, 0.3) is 0 Å². The van der Waals surface area contributed by atoms with Gasteiger partial charge < -0.3 is 13.9 Å². The lowest BCUT2D eigenvalue weighted by Crippen LogP contribution is -2.10. The molecule has 28 heavy (non-hydrogen) atoms. The van der Waals surface area contributed by atoms with Gasteiger partial charge in [0.1, 0.15) is 23.8 Å². The molecule has 0 radical (unpaired) electrons. The molecule has 1 heterocycles. The molecule has 0 aliphatic carbocycles. The third-order valence-electron chi connectivity index (χ3n) is 4.44. The Balaban J connectivity index is 1.83. The molecule has 0 saturated carbocycles. The fourth-order valence-corrected chi connectivity index (χ4v) is 2.95. The minimum absolute atomic E-state index is 0.0483. The molecule has 0 fully saturated rings. The lowest BCUT2D eigenvalue weighted by molar-refractivity contribution is 0.292. The summed E-state index contributed by atoms with van der Waals surface area (Å²) in [6.07, 6.45) is 0. The fraction of sp³-hybridized carbons (Fsp3) is 0.0870. The molecule has 0 bridgehead atoms. The van der Waals surface area contributed by atoms with Crippen LogP contribution in [-0.2, 0) is 6.61 Å². The normalized spacial score (nSPS) is 10.8. The molecule has 4 aromatic rings. The Hall–Kier alpha value is -3.60. The zero-order chi connectivity index (χ0) is 19.5. The number of hydrogen-bond acceptors (Lipinski definition) is 4. The first-order valence-electron chi connectivity index (χ1n) is 8.74. The highest BCUT2D eigenvalue weighted by Crippen LogP contribution is 2.32. The lowest BCUT2D eigenvalue weighted by Gasteiger charge is -2.12. The van der Waals surface area contributed by atoms with Gasteiger partial charge in [-0.3, -0.25) is 4.79 Å². The summed E-state index contributed by atoms with van der Waals surface area (Å²) >= 11 is 0. The highest BCUT2D eigenvalue weighted by Gasteiger charge is 2.18. The van der Waals surface area contributed by atoms with Crippen LogP contribution >= 0.6 is 0 Å². The quantitative estimate of drug-likeness (QED) is 0.481. The molecule has 0 saturated heterocycles. The van der Waals surface area contributed by atoms with Gasteiger partial charge in [-0.05, 0) is 42.5 Å². The van der Waals surface area contributed by atoms with Crippen LogP contribution in [-0.4, -0.2) is 7.11 Å². The smallest absolute Gasteiger partial charge is 0.235 e. The Morgan fingerprint density at radius 2 is 1.64 bits per heavy atom. The van der Waals surface area contributed by atoms with Crippen molar-refractivity contribution in [1.29, 1.82) is 0 Å². The van der Waals surface area contributed by atoms with E-state index >= 15 is 0 Å². The van der Waals surface area contributed by atoms with Crippen LogP contribution in [0, 0.1) is 5.82 Å². The first kappa shape index (κ1) is 17.8. The van der Waals surface area contributed by atoms with Gasteiger partial charge in [-0.2, -0.15) is 0 Å². The van der Waals surface area contributed by atoms with Gasteiger partial charge in [0.05, 0.1) is 12.5 Å². The van der Waals surface area contributed by atoms with E-state index in [-0.39, 0.29) is 17.8 Å². The molecule has 4 nitrogen and oxygen atoms in total. The highest BCUT2D eigenvalue weighted by atomic mass is 19.1. The second-order valence-corrected chi connectivity index (χ2v) is 6.19. The number of methoxy groups -OCH3 is 1. The van der Waals surface area contributed by atoms with Crippen molar-refractivity contribution >= 4 is 11.0 Å². The molecule has 0 spiro atoms. The van der Waals surface area contributed by atoms with Crippen molar-refractivity contribution in [2.45, 2.75) is 6.61 Å². The predicted molar refractivity (Wildman–Crippen MR) is 105 cm³/mol. The van der Waals surface area contributed by atoms with Crippen molar-refractivity contribution in [3.63, 3.8) is 0 Å². The Morgan fingerprint density at radius 1 is 0.929 bits per heavy atom. The molecule has 0 atom stereocenters. The Bertz CT molecular complexity index is 1180. The van der Waals surface area contributed by atoms with Crippen LogP contribution in [0.25, 0.3) is 22.3 Å². The Morgan fingerprint density at radius 3 is 2.39 bits per heavy atom. The fourth-order valence-electron chi connectivity index (χ4n) is 2.95. The SMILES string of the molecule is COc1ccc(-c2oc3ccccc3c(=O)c2OCc2ccccc2F)cc1. The van der Waals surface area contributed by atoms with Gasteiger partial charge in [-0.15, -0.1) is 0 Å². The third-order valence-corrected chi connectivity index (χ3v) is 4.44. The topological polar surface area (TPSA) is 48.7 Å². The maximum atomic E-state index is 14.0. The predicted octanol–water partition coefficient (Wildman–Crippen LogP) is 5.19. The monoisotopic (exact) mass is 376 g/mol. The first-order valence-corrected chi connectivity index (χ1v) is 8.74. The summed E-state index contributed by atoms with van der Waals surface area (Å²) in [5, 5.41) is 0.406. The zero-order valence-corrected chi connectivity index (χ0v) is 15.1. The molecule has 5 heteroatoms. The van der Waals surface area contributed by atoms with Crippen LogP contribution in [0.15, 0.2) is 82.0 Å². The van der Waals surface area contributed by atoms with Crippen molar-refractivity contribution < 1.29 is 18.3 Å². The van der Waals surface area contributed by atoms with Crippen molar-refractivity contribution in [3.8, 4) is 22.8 Å². The maximum absolute atomic E-state index is 14.0. The maximum Gasteiger partial charge on any atom is 0.235 e. The number of hydrogen-bond donors (Lipinski definition) is 0. The van der Waals surface area contributed by atoms with E-state index in [2.05, 4.69) is 0 Å². The number of halogens is 1. The van der Waals surface area contributed by atoms with Gasteiger partial charge >= 0.3 is 0 Å². The summed E-state index contributed by atoms with van der Waals surface area (Å²) in [5.41, 5.74) is 1.17. The summed E-state index contributed by atoms with van der Waals surface area (Å²) in [6.45, 7) is -0.0844. The van der Waals surface area contributed by atoms with Crippen LogP contribution in [0.1, 0.15) is 5.56 Å². The van der Waals surface area contributed by atoms with E-state index in [0.717, 1.165) is 0 Å². The molecule has 0 N–H and O–H groups in total. The average Bonchev–Trinajstić information content (AvgIpc) is 2.74. The van der Waals surface area contributed by atoms with Crippen molar-refractivity contribution in [2.75, 3.05) is 7.11 Å². The van der Waals surface area contributed by atoms with Crippen LogP contribution in [0.3, 0.4) is 0 Å². The van der Waals surface area contributed by atoms with Crippen molar-refractivity contribution in [2.24, 2.45) is 0 Å². The van der Waals surface area contributed by atoms with E-state index in [1.807, 2.05) is 0 Å². The molecule has 0 amide bonds. The number of benzene rings is 3. The van der Waals surface area contributed by atoms with Crippen LogP contribution in [0.4, 0.5) is 4.39 Å². The molecular weight excluding hydrogens is 359 g/mol. The minimum Gasteiger partial charge on any atom is -0.497 e. The molecule has 3 aromatic carbocycles. The second-order valence-electron chi connectivity index (χ2n) is 6.19. The third kappa shape index (κ3) is 3.34. The number of fused-ring (bicyclic) bond motifs is 1. The molecule has 4 rings (SSSR count). The highest BCUT2D eigenvalue weighted by molar-refractivity contribution is 5.82. The van der Waals surface area contributed by atoms with E-state index in [4.69, 9.17) is 13.9 Å². The number of rotatable bonds is 5. The average molecular weight is 376 g/mol. The Kier molecular flexibility index (Phi) is 4.81. The van der Waals surface area contributed by atoms with E-state index in [9.17, 15) is 9.18 Å². The van der Waals surface area contributed by atoms with Crippen LogP contribution in [0.5, 0.6) is 11.5 Å². The van der Waals surface area contributed by atoms with Crippen molar-refractivity contribution in [1.82, 2.24) is 0 Å². The second kappa shape index (κ2) is 7.56. The summed E-state index contributed by atoms with van der Waals surface area (Å²) in [5.74, 6) is 0.634. The van der Waals surface area contributed by atoms with Gasteiger partial charge in [0.15, 0.2) is 5.76 Å². The van der Waals surface area contributed by atoms with Crippen LogP contribution < -0.4 is 14.9 Å². The molecule has 140 valence electrons. The van der Waals surface area contributed by atoms with Gasteiger partial charge in [-0.25, -0.2) is 4.39 Å².